The number of hydrogen-bond donors (Lipinski definition) is 0. The van der Waals surface area contributed by atoms with E-state index in [0.717, 1.165) is 0 Å². The first kappa shape index (κ1) is 10.1. The molecule has 0 radical (unpaired) electrons. The maximum Gasteiger partial charge on any atom is 0.132 e. The first-order valence-corrected chi connectivity index (χ1v) is 4.06. The van der Waals surface area contributed by atoms with E-state index < -0.39 is 5.82 Å². The molecule has 0 aliphatic carbocycles. The molecular formula is C11H9FN2. The van der Waals surface area contributed by atoms with Gasteiger partial charge in [-0.1, -0.05) is 12.2 Å². The Bertz CT molecular complexity index is 428. The fourth-order valence-corrected chi connectivity index (χ4v) is 1.17. The molecule has 70 valence electrons. The largest absolute Gasteiger partial charge is 0.263 e. The molecule has 1 aromatic rings. The summed E-state index contributed by atoms with van der Waals surface area (Å²) in [5.41, 5.74) is 0.932. The van der Waals surface area contributed by atoms with Crippen molar-refractivity contribution < 1.29 is 4.39 Å². The second kappa shape index (κ2) is 4.33. The van der Waals surface area contributed by atoms with Crippen LogP contribution in [0.5, 0.6) is 0 Å². The van der Waals surface area contributed by atoms with Crippen molar-refractivity contribution in [3.8, 4) is 6.07 Å². The Hall–Kier alpha value is -1.95. The third-order valence-corrected chi connectivity index (χ3v) is 1.78. The van der Waals surface area contributed by atoms with Crippen LogP contribution in [-0.2, 0) is 0 Å². The molecule has 0 aliphatic rings. The van der Waals surface area contributed by atoms with Gasteiger partial charge in [-0.25, -0.2) is 4.39 Å². The van der Waals surface area contributed by atoms with Crippen LogP contribution in [0.15, 0.2) is 23.2 Å². The number of nitriles is 1. The van der Waals surface area contributed by atoms with Gasteiger partial charge in [-0.15, -0.1) is 0 Å². The Kier molecular flexibility index (Phi) is 3.14. The second-order valence-electron chi connectivity index (χ2n) is 2.63. The van der Waals surface area contributed by atoms with E-state index in [1.807, 2.05) is 6.07 Å². The van der Waals surface area contributed by atoms with Gasteiger partial charge in [0.15, 0.2) is 0 Å². The van der Waals surface area contributed by atoms with Crippen LogP contribution in [0.25, 0.3) is 6.08 Å². The quantitative estimate of drug-likeness (QED) is 0.657. The van der Waals surface area contributed by atoms with E-state index in [0.29, 0.717) is 16.8 Å². The minimum atomic E-state index is -0.399. The number of hydrogen-bond acceptors (Lipinski definition) is 2. The van der Waals surface area contributed by atoms with Crippen molar-refractivity contribution in [2.75, 3.05) is 0 Å². The highest BCUT2D eigenvalue weighted by Crippen LogP contribution is 2.27. The summed E-state index contributed by atoms with van der Waals surface area (Å²) < 4.78 is 13.3. The average molecular weight is 188 g/mol. The normalized spacial score (nSPS) is 10.1. The fourth-order valence-electron chi connectivity index (χ4n) is 1.17. The molecule has 0 saturated heterocycles. The van der Waals surface area contributed by atoms with Crippen LogP contribution in [0.1, 0.15) is 18.1 Å². The Balaban J connectivity index is 3.52. The third kappa shape index (κ3) is 1.69. The zero-order valence-corrected chi connectivity index (χ0v) is 7.79. The van der Waals surface area contributed by atoms with Gasteiger partial charge < -0.3 is 0 Å². The molecule has 0 aliphatic heterocycles. The molecule has 2 nitrogen and oxygen atoms in total. The lowest BCUT2D eigenvalue weighted by atomic mass is 10.1. The highest BCUT2D eigenvalue weighted by Gasteiger charge is 2.09. The summed E-state index contributed by atoms with van der Waals surface area (Å²) in [5, 5.41) is 8.75. The molecular weight excluding hydrogens is 179 g/mol. The number of nitrogens with zero attached hydrogens (tertiary/aromatic N) is 2. The summed E-state index contributed by atoms with van der Waals surface area (Å²) in [5.74, 6) is -0.399. The number of benzene rings is 1. The first-order chi connectivity index (χ1) is 6.74. The van der Waals surface area contributed by atoms with Crippen LogP contribution in [0.2, 0.25) is 0 Å². The van der Waals surface area contributed by atoms with E-state index in [2.05, 4.69) is 11.7 Å². The maximum absolute atomic E-state index is 13.3. The Morgan fingerprint density at radius 1 is 1.57 bits per heavy atom. The molecule has 14 heavy (non-hydrogen) atoms. The number of aliphatic imine (C=N–C) groups is 1. The van der Waals surface area contributed by atoms with Crippen LogP contribution >= 0.6 is 0 Å². The number of allylic oxidation sites excluding steroid dienone is 1. The van der Waals surface area contributed by atoms with Crippen molar-refractivity contribution >= 4 is 18.5 Å². The summed E-state index contributed by atoms with van der Waals surface area (Å²) in [7, 11) is 0. The monoisotopic (exact) mass is 188 g/mol. The summed E-state index contributed by atoms with van der Waals surface area (Å²) in [6.07, 6.45) is 3.26. The van der Waals surface area contributed by atoms with Gasteiger partial charge in [-0.05, 0) is 25.8 Å². The van der Waals surface area contributed by atoms with Crippen molar-refractivity contribution in [2.45, 2.75) is 6.92 Å². The fraction of sp³-hybridized carbons (Fsp3) is 0.0909. The molecule has 0 fully saturated rings. The minimum Gasteiger partial charge on any atom is -0.263 e. The summed E-state index contributed by atoms with van der Waals surface area (Å²) in [6, 6.07) is 4.59. The highest BCUT2D eigenvalue weighted by molar-refractivity contribution is 5.72. The van der Waals surface area contributed by atoms with Crippen LogP contribution in [0.3, 0.4) is 0 Å². The zero-order valence-electron chi connectivity index (χ0n) is 7.79. The van der Waals surface area contributed by atoms with E-state index in [9.17, 15) is 4.39 Å². The predicted octanol–water partition coefficient (Wildman–Crippen LogP) is 3.06. The molecule has 0 bridgehead atoms. The van der Waals surface area contributed by atoms with Gasteiger partial charge in [0.25, 0.3) is 0 Å². The van der Waals surface area contributed by atoms with Crippen LogP contribution in [-0.4, -0.2) is 6.72 Å². The Morgan fingerprint density at radius 2 is 2.29 bits per heavy atom. The first-order valence-electron chi connectivity index (χ1n) is 4.06. The van der Waals surface area contributed by atoms with E-state index in [4.69, 9.17) is 5.26 Å². The van der Waals surface area contributed by atoms with E-state index in [1.54, 1.807) is 19.1 Å². The van der Waals surface area contributed by atoms with Crippen molar-refractivity contribution in [1.29, 1.82) is 5.26 Å². The van der Waals surface area contributed by atoms with Gasteiger partial charge in [-0.2, -0.15) is 5.26 Å². The van der Waals surface area contributed by atoms with Crippen LogP contribution < -0.4 is 0 Å². The van der Waals surface area contributed by atoms with Crippen LogP contribution in [0, 0.1) is 17.1 Å². The standard InChI is InChI=1S/C11H9FN2/c1-3-4-9-10(12)6-5-8(7-13)11(9)14-2/h3-6H,2H2,1H3/b4-3-. The summed E-state index contributed by atoms with van der Waals surface area (Å²) in [4.78, 5) is 3.66. The van der Waals surface area contributed by atoms with Gasteiger partial charge in [0.2, 0.25) is 0 Å². The van der Waals surface area contributed by atoms with Gasteiger partial charge in [0, 0.05) is 5.56 Å². The molecule has 0 atom stereocenters. The number of halogens is 1. The third-order valence-electron chi connectivity index (χ3n) is 1.78. The topological polar surface area (TPSA) is 36.1 Å². The minimum absolute atomic E-state index is 0.297. The molecule has 0 amide bonds. The molecule has 0 spiro atoms. The SMILES string of the molecule is C=Nc1c(C#N)ccc(F)c1/C=C\C. The summed E-state index contributed by atoms with van der Waals surface area (Å²) >= 11 is 0. The molecule has 0 heterocycles. The van der Waals surface area contributed by atoms with E-state index in [-0.39, 0.29) is 0 Å². The van der Waals surface area contributed by atoms with E-state index in [1.165, 1.54) is 12.1 Å². The maximum atomic E-state index is 13.3. The predicted molar refractivity (Wildman–Crippen MR) is 55.0 cm³/mol. The second-order valence-corrected chi connectivity index (χ2v) is 2.63. The van der Waals surface area contributed by atoms with Crippen molar-refractivity contribution in [2.24, 2.45) is 4.99 Å². The van der Waals surface area contributed by atoms with Gasteiger partial charge in [-0.3, -0.25) is 4.99 Å². The lowest BCUT2D eigenvalue weighted by Gasteiger charge is -2.03. The summed E-state index contributed by atoms with van der Waals surface area (Å²) in [6.45, 7) is 5.09. The Morgan fingerprint density at radius 3 is 2.79 bits per heavy atom. The number of rotatable bonds is 2. The lowest BCUT2D eigenvalue weighted by molar-refractivity contribution is 0.625. The van der Waals surface area contributed by atoms with Gasteiger partial charge in [0.05, 0.1) is 11.3 Å². The van der Waals surface area contributed by atoms with Crippen molar-refractivity contribution in [1.82, 2.24) is 0 Å². The molecule has 3 heteroatoms. The highest BCUT2D eigenvalue weighted by atomic mass is 19.1. The van der Waals surface area contributed by atoms with Gasteiger partial charge in [0.1, 0.15) is 11.9 Å². The average Bonchev–Trinajstić information content (AvgIpc) is 2.21. The Labute approximate surface area is 82.0 Å². The van der Waals surface area contributed by atoms with Crippen LogP contribution in [0.4, 0.5) is 10.1 Å². The molecule has 0 aromatic heterocycles. The molecule has 1 aromatic carbocycles. The van der Waals surface area contributed by atoms with Crippen molar-refractivity contribution in [3.05, 3.63) is 35.2 Å². The lowest BCUT2D eigenvalue weighted by Crippen LogP contribution is -1.86. The zero-order chi connectivity index (χ0) is 10.6. The smallest absolute Gasteiger partial charge is 0.132 e. The molecule has 0 N–H and O–H groups in total. The van der Waals surface area contributed by atoms with E-state index >= 15 is 0 Å². The molecule has 0 saturated carbocycles. The molecule has 0 unspecified atom stereocenters. The molecule has 1 rings (SSSR count). The van der Waals surface area contributed by atoms with Gasteiger partial charge >= 0.3 is 0 Å². The van der Waals surface area contributed by atoms with Crippen molar-refractivity contribution in [3.63, 3.8) is 0 Å².